The topological polar surface area (TPSA) is 88.2 Å². The number of carbonyl (C=O) groups excluding carboxylic acids is 1. The molecule has 5 heteroatoms. The van der Waals surface area contributed by atoms with Crippen LogP contribution in [0.25, 0.3) is 10.8 Å². The van der Waals surface area contributed by atoms with Crippen LogP contribution in [0.2, 0.25) is 0 Å². The number of pyridine rings is 1. The van der Waals surface area contributed by atoms with E-state index in [0.29, 0.717) is 11.3 Å². The molecule has 0 aliphatic heterocycles. The van der Waals surface area contributed by atoms with Crippen molar-refractivity contribution in [3.8, 4) is 5.75 Å². The van der Waals surface area contributed by atoms with Gasteiger partial charge in [-0.2, -0.15) is 0 Å². The van der Waals surface area contributed by atoms with Crippen LogP contribution < -0.4 is 11.1 Å². The molecule has 1 aromatic heterocycles. The number of nitrogens with one attached hydrogen (secondary N) is 1. The summed E-state index contributed by atoms with van der Waals surface area (Å²) in [6.45, 7) is 8.16. The molecule has 0 saturated carbocycles. The number of fused-ring (bicyclic) bond motifs is 1. The molecule has 144 valence electrons. The molecule has 0 aliphatic carbocycles. The molecule has 0 saturated heterocycles. The van der Waals surface area contributed by atoms with Gasteiger partial charge in [0.15, 0.2) is 0 Å². The van der Waals surface area contributed by atoms with Crippen molar-refractivity contribution < 1.29 is 9.90 Å². The van der Waals surface area contributed by atoms with Gasteiger partial charge in [0.2, 0.25) is 5.91 Å². The van der Waals surface area contributed by atoms with E-state index in [9.17, 15) is 9.90 Å². The summed E-state index contributed by atoms with van der Waals surface area (Å²) in [5.41, 5.74) is 7.14. The van der Waals surface area contributed by atoms with Crippen molar-refractivity contribution in [1.82, 2.24) is 4.98 Å². The largest absolute Gasteiger partial charge is 0.508 e. The third-order valence-corrected chi connectivity index (χ3v) is 3.73. The monoisotopic (exact) mass is 367 g/mol. The number of hydrogen-bond donors (Lipinski definition) is 3. The van der Waals surface area contributed by atoms with E-state index in [0.717, 1.165) is 10.8 Å². The molecule has 0 bridgehead atoms. The van der Waals surface area contributed by atoms with Crippen LogP contribution in [-0.4, -0.2) is 22.5 Å². The Bertz CT molecular complexity index is 850. The second-order valence-corrected chi connectivity index (χ2v) is 5.31. The van der Waals surface area contributed by atoms with Crippen LogP contribution >= 0.6 is 0 Å². The molecule has 3 aromatic rings. The van der Waals surface area contributed by atoms with Gasteiger partial charge >= 0.3 is 0 Å². The molecule has 0 fully saturated rings. The average Bonchev–Trinajstić information content (AvgIpc) is 2.71. The highest BCUT2D eigenvalue weighted by Gasteiger charge is 2.19. The second kappa shape index (κ2) is 11.6. The van der Waals surface area contributed by atoms with Crippen molar-refractivity contribution in [3.05, 3.63) is 66.5 Å². The number of amides is 1. The van der Waals surface area contributed by atoms with E-state index in [4.69, 9.17) is 5.73 Å². The third kappa shape index (κ3) is 6.08. The fourth-order valence-electron chi connectivity index (χ4n) is 2.53. The number of nitrogens with two attached hydrogens (primary N) is 1. The molecule has 1 unspecified atom stereocenters. The van der Waals surface area contributed by atoms with Crippen LogP contribution in [-0.2, 0) is 4.79 Å². The zero-order valence-corrected chi connectivity index (χ0v) is 16.4. The van der Waals surface area contributed by atoms with Gasteiger partial charge in [0.05, 0.1) is 5.92 Å². The molecule has 1 atom stereocenters. The lowest BCUT2D eigenvalue weighted by molar-refractivity contribution is -0.117. The van der Waals surface area contributed by atoms with E-state index in [2.05, 4.69) is 10.3 Å². The van der Waals surface area contributed by atoms with Gasteiger partial charge in [-0.3, -0.25) is 9.78 Å². The van der Waals surface area contributed by atoms with Crippen LogP contribution in [0.1, 0.15) is 39.2 Å². The van der Waals surface area contributed by atoms with Gasteiger partial charge in [-0.25, -0.2) is 0 Å². The highest BCUT2D eigenvalue weighted by atomic mass is 16.3. The van der Waals surface area contributed by atoms with E-state index in [-0.39, 0.29) is 18.2 Å². The normalized spacial score (nSPS) is 10.7. The number of carbonyl (C=O) groups is 1. The minimum atomic E-state index is -0.518. The number of phenols is 1. The molecule has 0 radical (unpaired) electrons. The lowest BCUT2D eigenvalue weighted by atomic mass is 9.98. The van der Waals surface area contributed by atoms with Crippen LogP contribution in [0.3, 0.4) is 0 Å². The predicted octanol–water partition coefficient (Wildman–Crippen LogP) is 4.67. The van der Waals surface area contributed by atoms with Crippen LogP contribution in [0.15, 0.2) is 60.9 Å². The summed E-state index contributed by atoms with van der Waals surface area (Å²) < 4.78 is 0. The van der Waals surface area contributed by atoms with Crippen molar-refractivity contribution in [2.45, 2.75) is 33.6 Å². The average molecular weight is 367 g/mol. The maximum atomic E-state index is 12.5. The summed E-state index contributed by atoms with van der Waals surface area (Å²) in [6, 6.07) is 14.1. The molecule has 4 N–H and O–H groups in total. The van der Waals surface area contributed by atoms with Crippen molar-refractivity contribution >= 4 is 22.4 Å². The summed E-state index contributed by atoms with van der Waals surface area (Å²) in [5.74, 6) is -0.603. The summed E-state index contributed by atoms with van der Waals surface area (Å²) >= 11 is 0. The first kappa shape index (κ1) is 22.1. The number of benzene rings is 2. The number of rotatable bonds is 4. The summed E-state index contributed by atoms with van der Waals surface area (Å²) in [7, 11) is 0. The fraction of sp³-hybridized carbons (Fsp3) is 0.273. The van der Waals surface area contributed by atoms with E-state index in [1.54, 1.807) is 36.7 Å². The van der Waals surface area contributed by atoms with Crippen molar-refractivity contribution in [2.24, 2.45) is 5.73 Å². The minimum Gasteiger partial charge on any atom is -0.508 e. The smallest absolute Gasteiger partial charge is 0.233 e. The van der Waals surface area contributed by atoms with Crippen LogP contribution in [0, 0.1) is 0 Å². The van der Waals surface area contributed by atoms with E-state index in [1.165, 1.54) is 0 Å². The first-order valence-electron chi connectivity index (χ1n) is 9.31. The summed E-state index contributed by atoms with van der Waals surface area (Å²) in [4.78, 5) is 16.6. The van der Waals surface area contributed by atoms with Gasteiger partial charge in [-0.1, -0.05) is 45.9 Å². The number of hydrogen-bond acceptors (Lipinski definition) is 4. The number of nitrogens with zero attached hydrogens (tertiary/aromatic N) is 1. The Kier molecular flexibility index (Phi) is 9.54. The van der Waals surface area contributed by atoms with Gasteiger partial charge < -0.3 is 16.2 Å². The predicted molar refractivity (Wildman–Crippen MR) is 113 cm³/mol. The van der Waals surface area contributed by atoms with Gasteiger partial charge in [0, 0.05) is 30.0 Å². The van der Waals surface area contributed by atoms with Crippen LogP contribution in [0.4, 0.5) is 5.69 Å². The molecular weight excluding hydrogens is 338 g/mol. The molecule has 27 heavy (non-hydrogen) atoms. The lowest BCUT2D eigenvalue weighted by Gasteiger charge is -2.16. The van der Waals surface area contributed by atoms with Crippen molar-refractivity contribution in [2.75, 3.05) is 11.9 Å². The first-order chi connectivity index (χ1) is 13.2. The Morgan fingerprint density at radius 2 is 1.81 bits per heavy atom. The highest BCUT2D eigenvalue weighted by molar-refractivity contribution is 5.98. The van der Waals surface area contributed by atoms with Gasteiger partial charge in [0.25, 0.3) is 0 Å². The molecule has 0 spiro atoms. The van der Waals surface area contributed by atoms with E-state index in [1.807, 2.05) is 52.0 Å². The molecular formula is C22H29N3O2. The summed E-state index contributed by atoms with van der Waals surface area (Å²) in [5, 5.41) is 14.5. The van der Waals surface area contributed by atoms with E-state index < -0.39 is 5.92 Å². The Balaban J connectivity index is 0.000000855. The third-order valence-electron chi connectivity index (χ3n) is 3.73. The Morgan fingerprint density at radius 3 is 2.48 bits per heavy atom. The van der Waals surface area contributed by atoms with Gasteiger partial charge in [-0.15, -0.1) is 0 Å². The Hall–Kier alpha value is -2.92. The molecule has 3 rings (SSSR count). The van der Waals surface area contributed by atoms with Gasteiger partial charge in [0.1, 0.15) is 5.75 Å². The number of phenolic OH excluding ortho intramolecular Hbond substituents is 1. The number of aromatic hydroxyl groups is 1. The quantitative estimate of drug-likeness (QED) is 0.625. The molecule has 0 aliphatic rings. The zero-order chi connectivity index (χ0) is 20.2. The van der Waals surface area contributed by atoms with Crippen molar-refractivity contribution in [3.63, 3.8) is 0 Å². The maximum absolute atomic E-state index is 12.5. The van der Waals surface area contributed by atoms with Gasteiger partial charge in [-0.05, 0) is 41.3 Å². The van der Waals surface area contributed by atoms with Crippen LogP contribution in [0.5, 0.6) is 5.75 Å². The molecule has 5 nitrogen and oxygen atoms in total. The standard InChI is InChI=1S/C18H17N3O2.2C2H6/c19-10-17(13-2-1-3-16(22)9-13)18(23)21-15-5-4-14-11-20-7-6-12(14)8-15;2*1-2/h1-9,11,17,22H,10,19H2,(H,21,23);2*1-2H3. The number of aromatic nitrogens is 1. The van der Waals surface area contributed by atoms with E-state index >= 15 is 0 Å². The fourth-order valence-corrected chi connectivity index (χ4v) is 2.53. The SMILES string of the molecule is CC.CC.NCC(C(=O)Nc1ccc2cnccc2c1)c1cccc(O)c1. The second-order valence-electron chi connectivity index (χ2n) is 5.31. The zero-order valence-electron chi connectivity index (χ0n) is 16.4. The highest BCUT2D eigenvalue weighted by Crippen LogP contribution is 2.23. The molecule has 1 heterocycles. The minimum absolute atomic E-state index is 0.118. The Morgan fingerprint density at radius 1 is 1.07 bits per heavy atom. The lowest BCUT2D eigenvalue weighted by Crippen LogP contribution is -2.27. The summed E-state index contributed by atoms with van der Waals surface area (Å²) in [6.07, 6.45) is 3.49. The number of anilines is 1. The van der Waals surface area contributed by atoms with Crippen molar-refractivity contribution in [1.29, 1.82) is 0 Å². The molecule has 1 amide bonds. The maximum Gasteiger partial charge on any atom is 0.233 e. The molecule has 2 aromatic carbocycles. The Labute approximate surface area is 161 Å². The first-order valence-corrected chi connectivity index (χ1v) is 9.31.